The number of aromatic nitrogens is 4. The van der Waals surface area contributed by atoms with E-state index in [9.17, 15) is 4.79 Å². The third kappa shape index (κ3) is 2.44. The summed E-state index contributed by atoms with van der Waals surface area (Å²) >= 11 is 0. The Morgan fingerprint density at radius 1 is 1.05 bits per heavy atom. The molecule has 5 nitrogen and oxygen atoms in total. The molecule has 2 heterocycles. The molecule has 94 valence electrons. The Hall–Kier alpha value is -2.69. The zero-order valence-corrected chi connectivity index (χ0v) is 10.2. The number of para-hydroxylation sites is 1. The van der Waals surface area contributed by atoms with Crippen LogP contribution >= 0.6 is 0 Å². The Morgan fingerprint density at radius 3 is 2.68 bits per heavy atom. The highest BCUT2D eigenvalue weighted by Gasteiger charge is 2.02. The Labute approximate surface area is 109 Å². The van der Waals surface area contributed by atoms with Crippen LogP contribution in [-0.2, 0) is 6.54 Å². The van der Waals surface area contributed by atoms with E-state index in [0.717, 1.165) is 11.4 Å². The Morgan fingerprint density at radius 2 is 1.89 bits per heavy atom. The summed E-state index contributed by atoms with van der Waals surface area (Å²) in [5.74, 6) is 0. The van der Waals surface area contributed by atoms with Crippen LogP contribution in [-0.4, -0.2) is 19.3 Å². The minimum Gasteiger partial charge on any atom is -0.293 e. The lowest BCUT2D eigenvalue weighted by atomic mass is 10.3. The molecule has 3 rings (SSSR count). The van der Waals surface area contributed by atoms with Gasteiger partial charge in [0.2, 0.25) is 0 Å². The number of benzene rings is 1. The van der Waals surface area contributed by atoms with E-state index in [0.29, 0.717) is 6.54 Å². The van der Waals surface area contributed by atoms with E-state index in [1.54, 1.807) is 4.68 Å². The topological polar surface area (TPSA) is 52.7 Å². The van der Waals surface area contributed by atoms with E-state index in [1.807, 2.05) is 42.6 Å². The van der Waals surface area contributed by atoms with Gasteiger partial charge >= 0.3 is 0 Å². The summed E-state index contributed by atoms with van der Waals surface area (Å²) in [4.78, 5) is 15.5. The molecule has 0 unspecified atom stereocenters. The maximum Gasteiger partial charge on any atom is 0.253 e. The molecular weight excluding hydrogens is 240 g/mol. The highest BCUT2D eigenvalue weighted by atomic mass is 16.1. The van der Waals surface area contributed by atoms with E-state index in [2.05, 4.69) is 10.1 Å². The average Bonchev–Trinajstić information content (AvgIpc) is 2.91. The number of rotatable bonds is 3. The van der Waals surface area contributed by atoms with Crippen molar-refractivity contribution < 1.29 is 0 Å². The summed E-state index contributed by atoms with van der Waals surface area (Å²) in [5.41, 5.74) is 1.73. The molecule has 0 atom stereocenters. The molecule has 0 bridgehead atoms. The SMILES string of the molecule is O=c1ccncn1Cc1ccn(-c2ccccc2)n1. The van der Waals surface area contributed by atoms with Crippen molar-refractivity contribution >= 4 is 0 Å². The first-order valence-electron chi connectivity index (χ1n) is 5.93. The lowest BCUT2D eigenvalue weighted by molar-refractivity contribution is 0.703. The van der Waals surface area contributed by atoms with E-state index < -0.39 is 0 Å². The zero-order valence-electron chi connectivity index (χ0n) is 10.2. The smallest absolute Gasteiger partial charge is 0.253 e. The fourth-order valence-electron chi connectivity index (χ4n) is 1.84. The fraction of sp³-hybridized carbons (Fsp3) is 0.0714. The first-order chi connectivity index (χ1) is 9.33. The summed E-state index contributed by atoms with van der Waals surface area (Å²) in [6.45, 7) is 0.423. The van der Waals surface area contributed by atoms with Gasteiger partial charge < -0.3 is 0 Å². The second kappa shape index (κ2) is 4.89. The molecule has 2 aromatic heterocycles. The zero-order chi connectivity index (χ0) is 13.1. The van der Waals surface area contributed by atoms with Crippen LogP contribution in [0.15, 0.2) is 66.0 Å². The molecule has 1 aromatic carbocycles. The van der Waals surface area contributed by atoms with Crippen molar-refractivity contribution in [1.29, 1.82) is 0 Å². The second-order valence-corrected chi connectivity index (χ2v) is 4.13. The maximum atomic E-state index is 11.6. The summed E-state index contributed by atoms with van der Waals surface area (Å²) in [7, 11) is 0. The van der Waals surface area contributed by atoms with Gasteiger partial charge in [-0.1, -0.05) is 18.2 Å². The molecule has 0 spiro atoms. The number of hydrogen-bond donors (Lipinski definition) is 0. The predicted octanol–water partition coefficient (Wildman–Crippen LogP) is 1.48. The van der Waals surface area contributed by atoms with E-state index in [4.69, 9.17) is 0 Å². The largest absolute Gasteiger partial charge is 0.293 e. The Kier molecular flexibility index (Phi) is 2.94. The summed E-state index contributed by atoms with van der Waals surface area (Å²) in [5, 5.41) is 4.45. The normalized spacial score (nSPS) is 10.5. The molecule has 0 amide bonds. The molecule has 0 saturated heterocycles. The van der Waals surface area contributed by atoms with E-state index >= 15 is 0 Å². The van der Waals surface area contributed by atoms with Crippen molar-refractivity contribution in [2.24, 2.45) is 0 Å². The van der Waals surface area contributed by atoms with Gasteiger partial charge in [-0.3, -0.25) is 9.36 Å². The van der Waals surface area contributed by atoms with Gasteiger partial charge in [0.1, 0.15) is 0 Å². The van der Waals surface area contributed by atoms with Gasteiger partial charge in [0.05, 0.1) is 24.3 Å². The third-order valence-electron chi connectivity index (χ3n) is 2.79. The molecule has 5 heteroatoms. The molecule has 19 heavy (non-hydrogen) atoms. The van der Waals surface area contributed by atoms with Crippen molar-refractivity contribution in [3.05, 3.63) is 77.2 Å². The molecule has 0 aliphatic rings. The van der Waals surface area contributed by atoms with Crippen molar-refractivity contribution in [2.75, 3.05) is 0 Å². The molecule has 0 radical (unpaired) electrons. The summed E-state index contributed by atoms with van der Waals surface area (Å²) in [6.07, 6.45) is 4.89. The van der Waals surface area contributed by atoms with Crippen LogP contribution in [0.4, 0.5) is 0 Å². The minimum absolute atomic E-state index is 0.0794. The van der Waals surface area contributed by atoms with Gasteiger partial charge in [-0.15, -0.1) is 0 Å². The lowest BCUT2D eigenvalue weighted by Crippen LogP contribution is -2.19. The molecule has 0 N–H and O–H groups in total. The van der Waals surface area contributed by atoms with Crippen LogP contribution in [0, 0.1) is 0 Å². The van der Waals surface area contributed by atoms with Crippen molar-refractivity contribution in [1.82, 2.24) is 19.3 Å². The van der Waals surface area contributed by atoms with E-state index in [-0.39, 0.29) is 5.56 Å². The van der Waals surface area contributed by atoms with Crippen molar-refractivity contribution in [3.8, 4) is 5.69 Å². The summed E-state index contributed by atoms with van der Waals surface area (Å²) < 4.78 is 3.31. The Bertz CT molecular complexity index is 730. The molecule has 0 aliphatic carbocycles. The second-order valence-electron chi connectivity index (χ2n) is 4.13. The van der Waals surface area contributed by atoms with Crippen LogP contribution in [0.1, 0.15) is 5.69 Å². The Balaban J connectivity index is 1.87. The maximum absolute atomic E-state index is 11.6. The molecule has 0 saturated carbocycles. The quantitative estimate of drug-likeness (QED) is 0.709. The van der Waals surface area contributed by atoms with Gasteiger partial charge in [-0.05, 0) is 18.2 Å². The third-order valence-corrected chi connectivity index (χ3v) is 2.79. The standard InChI is InChI=1S/C14H12N4O/c19-14-6-8-15-11-17(14)10-12-7-9-18(16-12)13-4-2-1-3-5-13/h1-9,11H,10H2. The van der Waals surface area contributed by atoms with Gasteiger partial charge in [-0.2, -0.15) is 5.10 Å². The molecule has 3 aromatic rings. The van der Waals surface area contributed by atoms with Crippen LogP contribution in [0.2, 0.25) is 0 Å². The molecular formula is C14H12N4O. The highest BCUT2D eigenvalue weighted by Crippen LogP contribution is 2.07. The van der Waals surface area contributed by atoms with Gasteiger partial charge in [-0.25, -0.2) is 9.67 Å². The van der Waals surface area contributed by atoms with Gasteiger partial charge in [0.25, 0.3) is 5.56 Å². The molecule has 0 fully saturated rings. The van der Waals surface area contributed by atoms with Crippen LogP contribution in [0.5, 0.6) is 0 Å². The van der Waals surface area contributed by atoms with Crippen LogP contribution in [0.3, 0.4) is 0 Å². The van der Waals surface area contributed by atoms with Gasteiger partial charge in [0.15, 0.2) is 0 Å². The first-order valence-corrected chi connectivity index (χ1v) is 5.93. The number of nitrogens with zero attached hydrogens (tertiary/aromatic N) is 4. The minimum atomic E-state index is -0.0794. The highest BCUT2D eigenvalue weighted by molar-refractivity contribution is 5.30. The van der Waals surface area contributed by atoms with Gasteiger partial charge in [0, 0.05) is 18.5 Å². The molecule has 0 aliphatic heterocycles. The van der Waals surface area contributed by atoms with Crippen molar-refractivity contribution in [3.63, 3.8) is 0 Å². The summed E-state index contributed by atoms with van der Waals surface area (Å²) in [6, 6.07) is 13.2. The monoisotopic (exact) mass is 252 g/mol. The number of hydrogen-bond acceptors (Lipinski definition) is 3. The van der Waals surface area contributed by atoms with Crippen LogP contribution < -0.4 is 5.56 Å². The first kappa shape index (κ1) is 11.4. The van der Waals surface area contributed by atoms with E-state index in [1.165, 1.54) is 23.2 Å². The lowest BCUT2D eigenvalue weighted by Gasteiger charge is -2.02. The average molecular weight is 252 g/mol. The predicted molar refractivity (Wildman–Crippen MR) is 71.2 cm³/mol. The fourth-order valence-corrected chi connectivity index (χ4v) is 1.84. The van der Waals surface area contributed by atoms with Crippen molar-refractivity contribution in [2.45, 2.75) is 6.54 Å². The van der Waals surface area contributed by atoms with Crippen LogP contribution in [0.25, 0.3) is 5.69 Å².